The van der Waals surface area contributed by atoms with Crippen molar-refractivity contribution in [1.29, 1.82) is 0 Å². The summed E-state index contributed by atoms with van der Waals surface area (Å²) in [7, 11) is 0. The molecule has 0 saturated carbocycles. The van der Waals surface area contributed by atoms with Crippen LogP contribution < -0.4 is 4.74 Å². The second-order valence-corrected chi connectivity index (χ2v) is 10.7. The third kappa shape index (κ3) is 5.78. The van der Waals surface area contributed by atoms with Gasteiger partial charge in [-0.15, -0.1) is 0 Å². The van der Waals surface area contributed by atoms with E-state index in [4.69, 9.17) is 21.1 Å². The van der Waals surface area contributed by atoms with Crippen LogP contribution >= 0.6 is 11.6 Å². The Morgan fingerprint density at radius 2 is 1.92 bits per heavy atom. The first kappa shape index (κ1) is 26.4. The number of carbonyl (C=O) groups excluding carboxylic acids is 1. The highest BCUT2D eigenvalue weighted by Gasteiger charge is 2.33. The van der Waals surface area contributed by atoms with Crippen molar-refractivity contribution in [2.75, 3.05) is 19.6 Å². The number of piperidine rings is 1. The summed E-state index contributed by atoms with van der Waals surface area (Å²) in [6.45, 7) is 6.20. The van der Waals surface area contributed by atoms with E-state index in [0.29, 0.717) is 41.5 Å². The fraction of sp³-hybridized carbons (Fsp3) is 0.355. The summed E-state index contributed by atoms with van der Waals surface area (Å²) >= 11 is 6.02. The van der Waals surface area contributed by atoms with E-state index in [9.17, 15) is 9.90 Å². The number of fused-ring (bicyclic) bond motifs is 2. The van der Waals surface area contributed by atoms with Gasteiger partial charge in [-0.1, -0.05) is 35.9 Å². The molecule has 3 aromatic rings. The molecule has 0 spiro atoms. The highest BCUT2D eigenvalue weighted by atomic mass is 35.5. The Labute approximate surface area is 228 Å². The Morgan fingerprint density at radius 3 is 2.66 bits per heavy atom. The van der Waals surface area contributed by atoms with Gasteiger partial charge in [-0.05, 0) is 80.6 Å². The molecule has 1 aromatic heterocycles. The van der Waals surface area contributed by atoms with Gasteiger partial charge >= 0.3 is 5.97 Å². The lowest BCUT2D eigenvalue weighted by Gasteiger charge is -2.38. The lowest BCUT2D eigenvalue weighted by molar-refractivity contribution is -0.0254. The first-order valence-electron chi connectivity index (χ1n) is 13.2. The Kier molecular flexibility index (Phi) is 7.84. The maximum atomic E-state index is 12.9. The number of carbonyl (C=O) groups is 1. The topological polar surface area (TPSA) is 71.9 Å². The summed E-state index contributed by atoms with van der Waals surface area (Å²) in [6, 6.07) is 16.9. The minimum absolute atomic E-state index is 0.208. The van der Waals surface area contributed by atoms with Gasteiger partial charge in [0, 0.05) is 48.4 Å². The van der Waals surface area contributed by atoms with Gasteiger partial charge in [0.1, 0.15) is 5.75 Å². The van der Waals surface area contributed by atoms with E-state index in [1.807, 2.05) is 62.4 Å². The molecule has 0 atom stereocenters. The second kappa shape index (κ2) is 11.3. The monoisotopic (exact) mass is 532 g/mol. The molecule has 0 amide bonds. The van der Waals surface area contributed by atoms with Crippen LogP contribution in [0.3, 0.4) is 0 Å². The molecule has 1 N–H and O–H groups in total. The van der Waals surface area contributed by atoms with Crippen molar-refractivity contribution >= 4 is 23.1 Å². The lowest BCUT2D eigenvalue weighted by Crippen LogP contribution is -2.42. The number of nitrogens with zero attached hydrogens (tertiary/aromatic N) is 2. The van der Waals surface area contributed by atoms with Crippen LogP contribution in [0, 0.1) is 0 Å². The number of esters is 1. The van der Waals surface area contributed by atoms with Crippen molar-refractivity contribution in [3.05, 3.63) is 94.1 Å². The average Bonchev–Trinajstić information content (AvgIpc) is 3.06. The maximum absolute atomic E-state index is 12.9. The third-order valence-electron chi connectivity index (χ3n) is 7.29. The Bertz CT molecular complexity index is 1330. The van der Waals surface area contributed by atoms with E-state index in [2.05, 4.69) is 16.0 Å². The van der Waals surface area contributed by atoms with E-state index in [0.717, 1.165) is 48.3 Å². The summed E-state index contributed by atoms with van der Waals surface area (Å²) < 4.78 is 11.7. The van der Waals surface area contributed by atoms with Crippen molar-refractivity contribution in [1.82, 2.24) is 9.88 Å². The fourth-order valence-electron chi connectivity index (χ4n) is 5.22. The molecule has 1 fully saturated rings. The standard InChI is InChI=1S/C31H33ClN2O4/c1-21(2)37-30(35)26-7-3-9-28-27(26)20-22(25-8-4-16-33-29(25)38-28)6-5-17-34-18-14-31(36,15-19-34)23-10-12-24(32)13-11-23/h3-4,6-13,16,21,36H,5,14-15,17-20H2,1-2H3. The van der Waals surface area contributed by atoms with Crippen LogP contribution in [0.15, 0.2) is 66.9 Å². The number of allylic oxidation sites excluding steroid dienone is 1. The van der Waals surface area contributed by atoms with Gasteiger partial charge in [-0.2, -0.15) is 0 Å². The number of rotatable bonds is 6. The largest absolute Gasteiger partial charge is 0.459 e. The van der Waals surface area contributed by atoms with E-state index in [-0.39, 0.29) is 12.1 Å². The molecule has 7 heteroatoms. The van der Waals surface area contributed by atoms with Gasteiger partial charge in [0.25, 0.3) is 0 Å². The van der Waals surface area contributed by atoms with E-state index in [1.54, 1.807) is 12.3 Å². The smallest absolute Gasteiger partial charge is 0.338 e. The number of pyridine rings is 1. The number of aliphatic hydroxyl groups is 1. The predicted octanol–water partition coefficient (Wildman–Crippen LogP) is 6.41. The number of likely N-dealkylation sites (tertiary alicyclic amines) is 1. The molecular formula is C31H33ClN2O4. The van der Waals surface area contributed by atoms with Crippen LogP contribution in [-0.2, 0) is 16.8 Å². The van der Waals surface area contributed by atoms with Crippen molar-refractivity contribution in [2.24, 2.45) is 0 Å². The van der Waals surface area contributed by atoms with Crippen molar-refractivity contribution in [3.8, 4) is 11.6 Å². The van der Waals surface area contributed by atoms with E-state index >= 15 is 0 Å². The van der Waals surface area contributed by atoms with Crippen molar-refractivity contribution in [2.45, 2.75) is 51.2 Å². The molecule has 1 saturated heterocycles. The molecule has 3 heterocycles. The highest BCUT2D eigenvalue weighted by Crippen LogP contribution is 2.39. The maximum Gasteiger partial charge on any atom is 0.338 e. The van der Waals surface area contributed by atoms with Crippen LogP contribution in [0.5, 0.6) is 11.6 Å². The molecule has 198 valence electrons. The average molecular weight is 533 g/mol. The SMILES string of the molecule is CC(C)OC(=O)c1cccc2c1CC(=CCCN1CCC(O)(c3ccc(Cl)cc3)CC1)c1cccnc1O2. The molecular weight excluding hydrogens is 500 g/mol. The molecule has 2 aromatic carbocycles. The van der Waals surface area contributed by atoms with E-state index < -0.39 is 5.60 Å². The molecule has 38 heavy (non-hydrogen) atoms. The van der Waals surface area contributed by atoms with Crippen molar-refractivity contribution < 1.29 is 19.4 Å². The Balaban J connectivity index is 1.31. The van der Waals surface area contributed by atoms with Crippen LogP contribution in [0.25, 0.3) is 5.57 Å². The number of halogens is 1. The highest BCUT2D eigenvalue weighted by molar-refractivity contribution is 6.30. The van der Waals surface area contributed by atoms with Crippen LogP contribution in [0.1, 0.15) is 60.2 Å². The van der Waals surface area contributed by atoms with Crippen molar-refractivity contribution in [3.63, 3.8) is 0 Å². The minimum Gasteiger partial charge on any atom is -0.459 e. The van der Waals surface area contributed by atoms with E-state index in [1.165, 1.54) is 0 Å². The molecule has 5 rings (SSSR count). The number of aromatic nitrogens is 1. The summed E-state index contributed by atoms with van der Waals surface area (Å²) in [5.74, 6) is 0.821. The zero-order valence-corrected chi connectivity index (χ0v) is 22.6. The number of benzene rings is 2. The molecule has 0 unspecified atom stereocenters. The Morgan fingerprint density at radius 1 is 1.16 bits per heavy atom. The van der Waals surface area contributed by atoms with Crippen LogP contribution in [0.4, 0.5) is 0 Å². The Hall–Kier alpha value is -3.19. The first-order valence-corrected chi connectivity index (χ1v) is 13.6. The van der Waals surface area contributed by atoms with Gasteiger partial charge in [-0.3, -0.25) is 0 Å². The van der Waals surface area contributed by atoms with Gasteiger partial charge < -0.3 is 19.5 Å². The lowest BCUT2D eigenvalue weighted by atomic mass is 9.84. The van der Waals surface area contributed by atoms with Gasteiger partial charge in [-0.25, -0.2) is 9.78 Å². The fourth-order valence-corrected chi connectivity index (χ4v) is 5.34. The zero-order chi connectivity index (χ0) is 26.7. The molecule has 2 aliphatic heterocycles. The van der Waals surface area contributed by atoms with Crippen LogP contribution in [-0.4, -0.2) is 46.7 Å². The molecule has 0 radical (unpaired) electrons. The number of hydrogen-bond donors (Lipinski definition) is 1. The third-order valence-corrected chi connectivity index (χ3v) is 7.54. The number of hydrogen-bond acceptors (Lipinski definition) is 6. The summed E-state index contributed by atoms with van der Waals surface area (Å²) in [4.78, 5) is 19.7. The minimum atomic E-state index is -0.812. The normalized spacial score (nSPS) is 17.9. The predicted molar refractivity (Wildman–Crippen MR) is 149 cm³/mol. The first-order chi connectivity index (χ1) is 18.3. The zero-order valence-electron chi connectivity index (χ0n) is 21.8. The van der Waals surface area contributed by atoms with Gasteiger partial charge in [0.05, 0.1) is 17.3 Å². The van der Waals surface area contributed by atoms with Crippen LogP contribution in [0.2, 0.25) is 5.02 Å². The van der Waals surface area contributed by atoms with Gasteiger partial charge in [0.2, 0.25) is 5.88 Å². The molecule has 0 aliphatic carbocycles. The van der Waals surface area contributed by atoms with Gasteiger partial charge in [0.15, 0.2) is 0 Å². The molecule has 0 bridgehead atoms. The summed E-state index contributed by atoms with van der Waals surface area (Å²) in [5, 5.41) is 11.9. The second-order valence-electron chi connectivity index (χ2n) is 10.3. The summed E-state index contributed by atoms with van der Waals surface area (Å²) in [5.41, 5.74) is 3.46. The number of ether oxygens (including phenoxy) is 2. The molecule has 2 aliphatic rings. The molecule has 6 nitrogen and oxygen atoms in total. The summed E-state index contributed by atoms with van der Waals surface area (Å²) in [6.07, 6.45) is 6.48. The quantitative estimate of drug-likeness (QED) is 0.370.